The summed E-state index contributed by atoms with van der Waals surface area (Å²) < 4.78 is 0. The van der Waals surface area contributed by atoms with E-state index in [2.05, 4.69) is 41.5 Å². The van der Waals surface area contributed by atoms with Crippen molar-refractivity contribution in [2.24, 2.45) is 23.7 Å². The number of hydrogen-bond donors (Lipinski definition) is 0. The molecule has 3 unspecified atom stereocenters. The molecule has 0 amide bonds. The summed E-state index contributed by atoms with van der Waals surface area (Å²) in [5.41, 5.74) is 0. The molecule has 0 N–H and O–H groups in total. The van der Waals surface area contributed by atoms with Crippen LogP contribution in [0.5, 0.6) is 0 Å². The Bertz CT molecular complexity index is 167. The van der Waals surface area contributed by atoms with Gasteiger partial charge in [-0.25, -0.2) is 0 Å². The minimum atomic E-state index is 0.906. The van der Waals surface area contributed by atoms with Gasteiger partial charge in [0.15, 0.2) is 0 Å². The Morgan fingerprint density at radius 3 is 1.61 bits per heavy atom. The van der Waals surface area contributed by atoms with Crippen LogP contribution in [0.3, 0.4) is 0 Å². The van der Waals surface area contributed by atoms with Crippen molar-refractivity contribution < 1.29 is 0 Å². The SMILES string of the molecule is CCCC(CCC)CC(CC)C(CC)C(C)CC. The number of rotatable bonds is 11. The van der Waals surface area contributed by atoms with Crippen LogP contribution in [0.25, 0.3) is 0 Å². The average molecular weight is 255 g/mol. The van der Waals surface area contributed by atoms with Crippen LogP contribution in [0.2, 0.25) is 0 Å². The highest BCUT2D eigenvalue weighted by molar-refractivity contribution is 4.75. The molecular formula is C18H38. The van der Waals surface area contributed by atoms with Crippen molar-refractivity contribution in [2.45, 2.75) is 92.9 Å². The molecule has 110 valence electrons. The minimum absolute atomic E-state index is 0.906. The fourth-order valence-electron chi connectivity index (χ4n) is 3.77. The molecule has 0 saturated carbocycles. The third-order valence-electron chi connectivity index (χ3n) is 5.01. The molecular weight excluding hydrogens is 216 g/mol. The Labute approximate surface area is 117 Å². The summed E-state index contributed by atoms with van der Waals surface area (Å²) >= 11 is 0. The molecule has 0 heteroatoms. The van der Waals surface area contributed by atoms with Gasteiger partial charge in [0.25, 0.3) is 0 Å². The summed E-state index contributed by atoms with van der Waals surface area (Å²) in [7, 11) is 0. The molecule has 0 aromatic rings. The molecule has 0 aliphatic carbocycles. The first kappa shape index (κ1) is 18.0. The van der Waals surface area contributed by atoms with Gasteiger partial charge in [-0.3, -0.25) is 0 Å². The van der Waals surface area contributed by atoms with Crippen LogP contribution in [0.15, 0.2) is 0 Å². The zero-order chi connectivity index (χ0) is 14.0. The van der Waals surface area contributed by atoms with Gasteiger partial charge < -0.3 is 0 Å². The molecule has 0 rings (SSSR count). The molecule has 3 atom stereocenters. The average Bonchev–Trinajstić information content (AvgIpc) is 2.38. The number of hydrogen-bond acceptors (Lipinski definition) is 0. The Hall–Kier alpha value is 0. The van der Waals surface area contributed by atoms with E-state index in [-0.39, 0.29) is 0 Å². The first-order chi connectivity index (χ1) is 8.64. The van der Waals surface area contributed by atoms with Gasteiger partial charge in [-0.2, -0.15) is 0 Å². The van der Waals surface area contributed by atoms with E-state index in [1.54, 1.807) is 0 Å². The lowest BCUT2D eigenvalue weighted by Gasteiger charge is -2.33. The zero-order valence-electron chi connectivity index (χ0n) is 14.0. The highest BCUT2D eigenvalue weighted by Crippen LogP contribution is 2.35. The molecule has 0 aromatic carbocycles. The van der Waals surface area contributed by atoms with E-state index in [0.717, 1.165) is 23.7 Å². The second-order valence-corrected chi connectivity index (χ2v) is 6.31. The molecule has 0 heterocycles. The van der Waals surface area contributed by atoms with Gasteiger partial charge >= 0.3 is 0 Å². The summed E-state index contributed by atoms with van der Waals surface area (Å²) in [4.78, 5) is 0. The van der Waals surface area contributed by atoms with Gasteiger partial charge in [0.05, 0.1) is 0 Å². The van der Waals surface area contributed by atoms with Crippen molar-refractivity contribution in [1.82, 2.24) is 0 Å². The topological polar surface area (TPSA) is 0 Å². The van der Waals surface area contributed by atoms with Gasteiger partial charge in [-0.15, -0.1) is 0 Å². The first-order valence-corrected chi connectivity index (χ1v) is 8.64. The summed E-state index contributed by atoms with van der Waals surface area (Å²) in [6, 6.07) is 0. The molecule has 0 radical (unpaired) electrons. The van der Waals surface area contributed by atoms with Crippen molar-refractivity contribution >= 4 is 0 Å². The van der Waals surface area contributed by atoms with Crippen LogP contribution >= 0.6 is 0 Å². The summed E-state index contributed by atoms with van der Waals surface area (Å²) in [5.74, 6) is 3.82. The monoisotopic (exact) mass is 254 g/mol. The third kappa shape index (κ3) is 6.25. The van der Waals surface area contributed by atoms with E-state index in [1.165, 1.54) is 51.4 Å². The summed E-state index contributed by atoms with van der Waals surface area (Å²) in [5, 5.41) is 0. The maximum Gasteiger partial charge on any atom is -0.0363 e. The van der Waals surface area contributed by atoms with E-state index in [4.69, 9.17) is 0 Å². The van der Waals surface area contributed by atoms with E-state index >= 15 is 0 Å². The van der Waals surface area contributed by atoms with Gasteiger partial charge in [0.1, 0.15) is 0 Å². The normalized spacial score (nSPS) is 16.8. The fraction of sp³-hybridized carbons (Fsp3) is 1.00. The first-order valence-electron chi connectivity index (χ1n) is 8.64. The molecule has 0 nitrogen and oxygen atoms in total. The molecule has 0 aliphatic heterocycles. The third-order valence-corrected chi connectivity index (χ3v) is 5.01. The van der Waals surface area contributed by atoms with E-state index in [9.17, 15) is 0 Å². The molecule has 0 spiro atoms. The summed E-state index contributed by atoms with van der Waals surface area (Å²) in [6.07, 6.45) is 11.2. The predicted octanol–water partition coefficient (Wildman–Crippen LogP) is 6.69. The zero-order valence-corrected chi connectivity index (χ0v) is 14.0. The smallest absolute Gasteiger partial charge is 0.0363 e. The van der Waals surface area contributed by atoms with Crippen LogP contribution < -0.4 is 0 Å². The minimum Gasteiger partial charge on any atom is -0.0654 e. The molecule has 0 fully saturated rings. The lowest BCUT2D eigenvalue weighted by Crippen LogP contribution is -2.23. The molecule has 0 saturated heterocycles. The van der Waals surface area contributed by atoms with Crippen molar-refractivity contribution in [3.63, 3.8) is 0 Å². The highest BCUT2D eigenvalue weighted by Gasteiger charge is 2.25. The second kappa shape index (κ2) is 10.9. The lowest BCUT2D eigenvalue weighted by atomic mass is 9.73. The largest absolute Gasteiger partial charge is 0.0654 e. The highest BCUT2D eigenvalue weighted by atomic mass is 14.3. The van der Waals surface area contributed by atoms with Gasteiger partial charge in [0.2, 0.25) is 0 Å². The van der Waals surface area contributed by atoms with Crippen LogP contribution in [-0.4, -0.2) is 0 Å². The van der Waals surface area contributed by atoms with E-state index < -0.39 is 0 Å². The van der Waals surface area contributed by atoms with Crippen LogP contribution in [0.1, 0.15) is 92.9 Å². The van der Waals surface area contributed by atoms with Crippen molar-refractivity contribution in [3.05, 3.63) is 0 Å². The molecule has 18 heavy (non-hydrogen) atoms. The van der Waals surface area contributed by atoms with Crippen molar-refractivity contribution in [3.8, 4) is 0 Å². The fourth-order valence-corrected chi connectivity index (χ4v) is 3.77. The second-order valence-electron chi connectivity index (χ2n) is 6.31. The Morgan fingerprint density at radius 1 is 0.722 bits per heavy atom. The van der Waals surface area contributed by atoms with Crippen molar-refractivity contribution in [1.29, 1.82) is 0 Å². The predicted molar refractivity (Wildman–Crippen MR) is 84.9 cm³/mol. The standard InChI is InChI=1S/C18H38/c1-7-12-16(13-8-2)14-17(10-4)18(11-5)15(6)9-3/h15-18H,7-14H2,1-6H3. The maximum atomic E-state index is 2.46. The summed E-state index contributed by atoms with van der Waals surface area (Å²) in [6.45, 7) is 14.3. The van der Waals surface area contributed by atoms with E-state index in [0.29, 0.717) is 0 Å². The van der Waals surface area contributed by atoms with Crippen LogP contribution in [0, 0.1) is 23.7 Å². The molecule has 0 aliphatic rings. The van der Waals surface area contributed by atoms with Gasteiger partial charge in [-0.1, -0.05) is 86.5 Å². The van der Waals surface area contributed by atoms with E-state index in [1.807, 2.05) is 0 Å². The van der Waals surface area contributed by atoms with Gasteiger partial charge in [-0.05, 0) is 30.1 Å². The maximum absolute atomic E-state index is 2.46. The quantitative estimate of drug-likeness (QED) is 0.385. The Morgan fingerprint density at radius 2 is 1.28 bits per heavy atom. The van der Waals surface area contributed by atoms with Gasteiger partial charge in [0, 0.05) is 0 Å². The van der Waals surface area contributed by atoms with Crippen molar-refractivity contribution in [2.75, 3.05) is 0 Å². The molecule has 0 bridgehead atoms. The van der Waals surface area contributed by atoms with Crippen LogP contribution in [0.4, 0.5) is 0 Å². The Kier molecular flexibility index (Phi) is 10.9. The van der Waals surface area contributed by atoms with Crippen LogP contribution in [-0.2, 0) is 0 Å². The molecule has 0 aromatic heterocycles. The Balaban J connectivity index is 4.51. The lowest BCUT2D eigenvalue weighted by molar-refractivity contribution is 0.178.